The molecular formula is C58H76Cl2N8O8. The van der Waals surface area contributed by atoms with Gasteiger partial charge < -0.3 is 41.0 Å². The molecule has 0 atom stereocenters. The lowest BCUT2D eigenvalue weighted by Crippen LogP contribution is -2.46. The Balaban J connectivity index is 0.778. The number of hydrogen-bond donors (Lipinski definition) is 6. The highest BCUT2D eigenvalue weighted by Crippen LogP contribution is 2.36. The van der Waals surface area contributed by atoms with Crippen molar-refractivity contribution in [3.05, 3.63) is 82.8 Å². The van der Waals surface area contributed by atoms with Gasteiger partial charge in [-0.3, -0.25) is 29.0 Å². The number of unbranched alkanes of at least 4 members (excludes halogenated alkanes) is 14. The summed E-state index contributed by atoms with van der Waals surface area (Å²) in [4.78, 5) is 61.6. The smallest absolute Gasteiger partial charge is 0.317 e. The molecular weight excluding hydrogens is 1010 g/mol. The SMILES string of the molecule is COc1ccc2nc3cc(Cl)ccc3c(NCCCCCCCCCCNC(=O)CN(CCN(CC(=O)O)CC(=O)NCCCCCCCCCCNc3c4ccc(Cl)cc4nc4ccc(OC)cc34)CC(=O)O)c2c1. The van der Waals surface area contributed by atoms with Crippen LogP contribution in [0.3, 0.4) is 0 Å². The molecule has 6 N–H and O–H groups in total. The zero-order valence-electron chi connectivity index (χ0n) is 44.2. The molecule has 0 aliphatic rings. The van der Waals surface area contributed by atoms with Crippen molar-refractivity contribution in [2.45, 2.75) is 103 Å². The molecule has 2 aromatic heterocycles. The largest absolute Gasteiger partial charge is 0.497 e. The van der Waals surface area contributed by atoms with Gasteiger partial charge in [-0.15, -0.1) is 0 Å². The van der Waals surface area contributed by atoms with Crippen LogP contribution in [0.15, 0.2) is 72.8 Å². The Hall–Kier alpha value is -6.20. The Morgan fingerprint density at radius 1 is 0.447 bits per heavy atom. The predicted molar refractivity (Wildman–Crippen MR) is 307 cm³/mol. The van der Waals surface area contributed by atoms with Crippen LogP contribution >= 0.6 is 23.2 Å². The molecule has 0 aliphatic heterocycles. The topological polar surface area (TPSA) is 208 Å². The number of ether oxygens (including phenoxy) is 2. The Morgan fingerprint density at radius 2 is 0.803 bits per heavy atom. The number of halogens is 2. The molecule has 16 nitrogen and oxygen atoms in total. The first kappa shape index (κ1) is 59.1. The highest BCUT2D eigenvalue weighted by molar-refractivity contribution is 6.32. The number of hydrogen-bond acceptors (Lipinski definition) is 12. The first-order valence-electron chi connectivity index (χ1n) is 26.9. The van der Waals surface area contributed by atoms with Gasteiger partial charge in [0.1, 0.15) is 11.5 Å². The van der Waals surface area contributed by atoms with E-state index in [2.05, 4.69) is 21.3 Å². The van der Waals surface area contributed by atoms with Gasteiger partial charge in [-0.1, -0.05) is 100 Å². The van der Waals surface area contributed by atoms with Gasteiger partial charge in [-0.2, -0.15) is 0 Å². The Kier molecular flexibility index (Phi) is 24.7. The monoisotopic (exact) mass is 1080 g/mol. The van der Waals surface area contributed by atoms with Gasteiger partial charge in [-0.05, 0) is 98.5 Å². The van der Waals surface area contributed by atoms with E-state index in [-0.39, 0.29) is 51.1 Å². The van der Waals surface area contributed by atoms with Crippen molar-refractivity contribution < 1.29 is 38.9 Å². The molecule has 0 unspecified atom stereocenters. The lowest BCUT2D eigenvalue weighted by molar-refractivity contribution is -0.141. The summed E-state index contributed by atoms with van der Waals surface area (Å²) in [7, 11) is 3.32. The molecule has 6 rings (SSSR count). The van der Waals surface area contributed by atoms with Crippen LogP contribution in [-0.2, 0) is 19.2 Å². The van der Waals surface area contributed by atoms with Crippen LogP contribution < -0.4 is 30.7 Å². The summed E-state index contributed by atoms with van der Waals surface area (Å²) < 4.78 is 11.0. The third-order valence-electron chi connectivity index (χ3n) is 13.5. The first-order valence-corrected chi connectivity index (χ1v) is 27.7. The molecule has 2 amide bonds. The number of benzene rings is 4. The van der Waals surface area contributed by atoms with Crippen molar-refractivity contribution in [3.8, 4) is 11.5 Å². The number of nitrogens with one attached hydrogen (secondary N) is 4. The lowest BCUT2D eigenvalue weighted by atomic mass is 10.1. The molecule has 0 saturated carbocycles. The van der Waals surface area contributed by atoms with Crippen LogP contribution in [0.1, 0.15) is 103 Å². The fraction of sp³-hybridized carbons (Fsp3) is 0.483. The molecule has 0 bridgehead atoms. The first-order chi connectivity index (χ1) is 36.9. The van der Waals surface area contributed by atoms with Crippen molar-refractivity contribution in [1.29, 1.82) is 0 Å². The quantitative estimate of drug-likeness (QED) is 0.0159. The number of methoxy groups -OCH3 is 2. The van der Waals surface area contributed by atoms with Gasteiger partial charge in [0.25, 0.3) is 0 Å². The molecule has 0 saturated heterocycles. The van der Waals surface area contributed by atoms with E-state index in [9.17, 15) is 29.4 Å². The number of amides is 2. The Bertz CT molecular complexity index is 2660. The van der Waals surface area contributed by atoms with Gasteiger partial charge in [-0.25, -0.2) is 9.97 Å². The van der Waals surface area contributed by atoms with E-state index in [0.29, 0.717) is 23.1 Å². The molecule has 0 fully saturated rings. The number of aliphatic carboxylic acids is 2. The summed E-state index contributed by atoms with van der Waals surface area (Å²) >= 11 is 12.6. The number of aromatic nitrogens is 2. The number of nitrogens with zero attached hydrogens (tertiary/aromatic N) is 4. The third kappa shape index (κ3) is 19.4. The molecule has 0 spiro atoms. The molecule has 4 aromatic carbocycles. The maximum atomic E-state index is 12.8. The van der Waals surface area contributed by atoms with Crippen LogP contribution in [-0.4, -0.2) is 133 Å². The van der Waals surface area contributed by atoms with Gasteiger partial charge in [0.15, 0.2) is 0 Å². The van der Waals surface area contributed by atoms with Gasteiger partial charge >= 0.3 is 11.9 Å². The molecule has 0 aliphatic carbocycles. The van der Waals surface area contributed by atoms with Crippen molar-refractivity contribution in [2.75, 3.05) is 90.3 Å². The molecule has 410 valence electrons. The standard InChI is InChI=1S/C58H76Cl2N8O8/c1-75-43-21-25-49-47(35-43)57(45-23-19-41(59)33-51(45)65-49)63-29-17-13-9-5-3-7-11-15-27-61-53(69)37-67(39-55(71)72)31-32-68(40-56(73)74)38-54(70)62-28-16-12-8-4-6-10-14-18-30-64-58-46-24-20-42(60)34-52(46)66-50-26-22-44(76-2)36-48(50)58/h19-26,33-36H,3-18,27-32,37-40H2,1-2H3,(H,61,69)(H,62,70)(H,63,65)(H,64,66)(H,71,72)(H,73,74). The molecule has 76 heavy (non-hydrogen) atoms. The summed E-state index contributed by atoms with van der Waals surface area (Å²) in [6.45, 7) is 1.81. The number of carboxylic acid groups (broad SMARTS) is 2. The zero-order chi connectivity index (χ0) is 54.1. The van der Waals surface area contributed by atoms with Crippen molar-refractivity contribution in [1.82, 2.24) is 30.4 Å². The average Bonchev–Trinajstić information content (AvgIpc) is 3.40. The summed E-state index contributed by atoms with van der Waals surface area (Å²) in [5, 5.41) is 37.6. The number of rotatable bonds is 37. The van der Waals surface area contributed by atoms with Crippen molar-refractivity contribution >= 4 is 102 Å². The summed E-state index contributed by atoms with van der Waals surface area (Å²) in [5.41, 5.74) is 5.53. The highest BCUT2D eigenvalue weighted by atomic mass is 35.5. The fourth-order valence-corrected chi connectivity index (χ4v) is 9.88. The third-order valence-corrected chi connectivity index (χ3v) is 14.0. The van der Waals surface area contributed by atoms with E-state index >= 15 is 0 Å². The second-order valence-electron chi connectivity index (χ2n) is 19.5. The number of anilines is 2. The lowest BCUT2D eigenvalue weighted by Gasteiger charge is -2.25. The number of carboxylic acids is 2. The number of carbonyl (C=O) groups excluding carboxylic acids is 2. The average molecular weight is 1080 g/mol. The Morgan fingerprint density at radius 3 is 1.16 bits per heavy atom. The molecule has 2 heterocycles. The number of fused-ring (bicyclic) bond motifs is 4. The number of carbonyl (C=O) groups is 4. The maximum Gasteiger partial charge on any atom is 0.317 e. The predicted octanol–water partition coefficient (Wildman–Crippen LogP) is 11.2. The van der Waals surface area contributed by atoms with E-state index in [1.165, 1.54) is 9.80 Å². The van der Waals surface area contributed by atoms with Gasteiger partial charge in [0.05, 0.1) is 73.8 Å². The second-order valence-corrected chi connectivity index (χ2v) is 20.4. The second kappa shape index (κ2) is 31.8. The minimum atomic E-state index is -1.10. The van der Waals surface area contributed by atoms with Crippen molar-refractivity contribution in [3.63, 3.8) is 0 Å². The maximum absolute atomic E-state index is 12.8. The summed E-state index contributed by atoms with van der Waals surface area (Å²) in [6.07, 6.45) is 16.7. The van der Waals surface area contributed by atoms with E-state index < -0.39 is 11.9 Å². The van der Waals surface area contributed by atoms with Gasteiger partial charge in [0, 0.05) is 70.9 Å². The van der Waals surface area contributed by atoms with E-state index in [4.69, 9.17) is 42.6 Å². The minimum absolute atomic E-state index is 0.111. The summed E-state index contributed by atoms with van der Waals surface area (Å²) in [5.74, 6) is -1.22. The van der Waals surface area contributed by atoms with E-state index in [1.807, 2.05) is 72.8 Å². The summed E-state index contributed by atoms with van der Waals surface area (Å²) in [6, 6.07) is 23.4. The highest BCUT2D eigenvalue weighted by Gasteiger charge is 2.19. The zero-order valence-corrected chi connectivity index (χ0v) is 45.7. The van der Waals surface area contributed by atoms with Crippen LogP contribution in [0.5, 0.6) is 11.5 Å². The molecule has 0 radical (unpaired) electrons. The Labute approximate surface area is 456 Å². The van der Waals surface area contributed by atoms with Crippen LogP contribution in [0, 0.1) is 0 Å². The fourth-order valence-electron chi connectivity index (χ4n) is 9.54. The van der Waals surface area contributed by atoms with Crippen LogP contribution in [0.2, 0.25) is 10.0 Å². The van der Waals surface area contributed by atoms with E-state index in [0.717, 1.165) is 182 Å². The molecule has 6 aromatic rings. The van der Waals surface area contributed by atoms with E-state index in [1.54, 1.807) is 14.2 Å². The van der Waals surface area contributed by atoms with Crippen LogP contribution in [0.25, 0.3) is 43.6 Å². The molecule has 18 heteroatoms. The minimum Gasteiger partial charge on any atom is -0.497 e. The van der Waals surface area contributed by atoms with Crippen molar-refractivity contribution in [2.24, 2.45) is 0 Å². The van der Waals surface area contributed by atoms with Crippen LogP contribution in [0.4, 0.5) is 11.4 Å². The van der Waals surface area contributed by atoms with Gasteiger partial charge in [0.2, 0.25) is 11.8 Å². The normalized spacial score (nSPS) is 11.5. The number of pyridine rings is 2.